The smallest absolute Gasteiger partial charge is 0.188 e. The molecular weight excluding hydrogens is 310 g/mol. The Bertz CT molecular complexity index is 558. The van der Waals surface area contributed by atoms with Crippen LogP contribution in [-0.2, 0) is 5.41 Å². The van der Waals surface area contributed by atoms with Crippen molar-refractivity contribution in [2.75, 3.05) is 5.32 Å². The van der Waals surface area contributed by atoms with Gasteiger partial charge in [0.25, 0.3) is 0 Å². The predicted octanol–water partition coefficient (Wildman–Crippen LogP) is 4.65. The van der Waals surface area contributed by atoms with Gasteiger partial charge in [0.05, 0.1) is 5.69 Å². The number of thiazole rings is 1. The molecule has 0 fully saturated rings. The fourth-order valence-corrected chi connectivity index (χ4v) is 2.83. The first-order valence-corrected chi connectivity index (χ1v) is 7.39. The van der Waals surface area contributed by atoms with E-state index in [9.17, 15) is 0 Å². The van der Waals surface area contributed by atoms with Gasteiger partial charge in [-0.3, -0.25) is 0 Å². The lowest BCUT2D eigenvalue weighted by molar-refractivity contribution is 0.573. The summed E-state index contributed by atoms with van der Waals surface area (Å²) in [7, 11) is 0. The van der Waals surface area contributed by atoms with Crippen molar-refractivity contribution in [1.29, 1.82) is 0 Å². The molecule has 0 atom stereocenters. The summed E-state index contributed by atoms with van der Waals surface area (Å²) < 4.78 is 0.986. The highest BCUT2D eigenvalue weighted by Crippen LogP contribution is 2.28. The highest BCUT2D eigenvalue weighted by molar-refractivity contribution is 9.10. The average molecular weight is 326 g/mol. The Balaban J connectivity index is 2.21. The van der Waals surface area contributed by atoms with Gasteiger partial charge >= 0.3 is 0 Å². The summed E-state index contributed by atoms with van der Waals surface area (Å²) >= 11 is 5.02. The SMILES string of the molecule is Cc1cc(Br)cnc1Nc1nc(C(C)(C)C)cs1. The third-order valence-electron chi connectivity index (χ3n) is 2.54. The average Bonchev–Trinajstić information content (AvgIpc) is 2.70. The van der Waals surface area contributed by atoms with Crippen LogP contribution in [0.15, 0.2) is 22.1 Å². The molecule has 0 aliphatic carbocycles. The zero-order valence-corrected chi connectivity index (χ0v) is 13.3. The van der Waals surface area contributed by atoms with Crippen molar-refractivity contribution in [2.45, 2.75) is 33.1 Å². The van der Waals surface area contributed by atoms with E-state index in [1.165, 1.54) is 0 Å². The van der Waals surface area contributed by atoms with Crippen LogP contribution in [0.25, 0.3) is 0 Å². The van der Waals surface area contributed by atoms with Gasteiger partial charge in [-0.15, -0.1) is 11.3 Å². The molecule has 5 heteroatoms. The van der Waals surface area contributed by atoms with E-state index in [0.717, 1.165) is 26.7 Å². The van der Waals surface area contributed by atoms with Crippen molar-refractivity contribution >= 4 is 38.2 Å². The van der Waals surface area contributed by atoms with Gasteiger partial charge < -0.3 is 5.32 Å². The van der Waals surface area contributed by atoms with Crippen molar-refractivity contribution in [3.05, 3.63) is 33.4 Å². The van der Waals surface area contributed by atoms with Crippen LogP contribution in [0.3, 0.4) is 0 Å². The first-order valence-electron chi connectivity index (χ1n) is 5.71. The number of aryl methyl sites for hydroxylation is 1. The van der Waals surface area contributed by atoms with E-state index in [-0.39, 0.29) is 5.41 Å². The van der Waals surface area contributed by atoms with Crippen LogP contribution in [0, 0.1) is 6.92 Å². The lowest BCUT2D eigenvalue weighted by Gasteiger charge is -2.14. The summed E-state index contributed by atoms with van der Waals surface area (Å²) in [5.74, 6) is 0.855. The van der Waals surface area contributed by atoms with E-state index >= 15 is 0 Å². The minimum Gasteiger partial charge on any atom is -0.316 e. The van der Waals surface area contributed by atoms with E-state index in [4.69, 9.17) is 0 Å². The number of nitrogens with one attached hydrogen (secondary N) is 1. The van der Waals surface area contributed by atoms with E-state index < -0.39 is 0 Å². The molecule has 0 aromatic carbocycles. The molecule has 3 nitrogen and oxygen atoms in total. The second-order valence-electron chi connectivity index (χ2n) is 5.23. The Kier molecular flexibility index (Phi) is 3.73. The number of nitrogens with zero attached hydrogens (tertiary/aromatic N) is 2. The van der Waals surface area contributed by atoms with Crippen LogP contribution in [-0.4, -0.2) is 9.97 Å². The fraction of sp³-hybridized carbons (Fsp3) is 0.385. The molecular formula is C13H16BrN3S. The maximum absolute atomic E-state index is 4.60. The summed E-state index contributed by atoms with van der Waals surface area (Å²) in [4.78, 5) is 8.95. The number of hydrogen-bond acceptors (Lipinski definition) is 4. The quantitative estimate of drug-likeness (QED) is 0.873. The molecule has 0 saturated heterocycles. The van der Waals surface area contributed by atoms with Crippen LogP contribution in [0.4, 0.5) is 10.9 Å². The van der Waals surface area contributed by atoms with Crippen molar-refractivity contribution < 1.29 is 0 Å². The number of pyridine rings is 1. The van der Waals surface area contributed by atoms with E-state index in [1.807, 2.05) is 13.0 Å². The monoisotopic (exact) mass is 325 g/mol. The Morgan fingerprint density at radius 3 is 2.61 bits per heavy atom. The fourth-order valence-electron chi connectivity index (χ4n) is 1.45. The lowest BCUT2D eigenvalue weighted by atomic mass is 9.93. The topological polar surface area (TPSA) is 37.8 Å². The van der Waals surface area contributed by atoms with Gasteiger partial charge in [-0.1, -0.05) is 20.8 Å². The molecule has 0 spiro atoms. The van der Waals surface area contributed by atoms with Gasteiger partial charge in [-0.05, 0) is 34.5 Å². The molecule has 0 unspecified atom stereocenters. The van der Waals surface area contributed by atoms with Crippen molar-refractivity contribution in [3.63, 3.8) is 0 Å². The summed E-state index contributed by atoms with van der Waals surface area (Å²) in [6, 6.07) is 2.04. The minimum absolute atomic E-state index is 0.0820. The number of hydrogen-bond donors (Lipinski definition) is 1. The van der Waals surface area contributed by atoms with Gasteiger partial charge in [0.2, 0.25) is 0 Å². The van der Waals surface area contributed by atoms with Gasteiger partial charge in [-0.25, -0.2) is 9.97 Å². The first kappa shape index (κ1) is 13.5. The number of halogens is 1. The van der Waals surface area contributed by atoms with E-state index in [2.05, 4.69) is 57.4 Å². The Labute approximate surface area is 120 Å². The Morgan fingerprint density at radius 2 is 2.06 bits per heavy atom. The summed E-state index contributed by atoms with van der Waals surface area (Å²) in [6.45, 7) is 8.51. The van der Waals surface area contributed by atoms with Gasteiger partial charge in [0.15, 0.2) is 5.13 Å². The van der Waals surface area contributed by atoms with Crippen molar-refractivity contribution in [2.24, 2.45) is 0 Å². The van der Waals surface area contributed by atoms with Crippen LogP contribution in [0.2, 0.25) is 0 Å². The Hall–Kier alpha value is -0.940. The molecule has 0 bridgehead atoms. The second-order valence-corrected chi connectivity index (χ2v) is 7.01. The number of anilines is 2. The summed E-state index contributed by atoms with van der Waals surface area (Å²) in [6.07, 6.45) is 1.79. The summed E-state index contributed by atoms with van der Waals surface area (Å²) in [5.41, 5.74) is 2.28. The molecule has 2 aromatic heterocycles. The minimum atomic E-state index is 0.0820. The lowest BCUT2D eigenvalue weighted by Crippen LogP contribution is -2.11. The zero-order valence-electron chi connectivity index (χ0n) is 10.9. The molecule has 2 heterocycles. The maximum atomic E-state index is 4.60. The molecule has 0 saturated carbocycles. The number of rotatable bonds is 2. The van der Waals surface area contributed by atoms with Crippen LogP contribution in [0.1, 0.15) is 32.0 Å². The van der Waals surface area contributed by atoms with Crippen LogP contribution >= 0.6 is 27.3 Å². The van der Waals surface area contributed by atoms with E-state index in [0.29, 0.717) is 0 Å². The van der Waals surface area contributed by atoms with Crippen LogP contribution in [0.5, 0.6) is 0 Å². The largest absolute Gasteiger partial charge is 0.316 e. The van der Waals surface area contributed by atoms with Crippen molar-refractivity contribution in [1.82, 2.24) is 9.97 Å². The highest BCUT2D eigenvalue weighted by Gasteiger charge is 2.17. The van der Waals surface area contributed by atoms with Gasteiger partial charge in [0.1, 0.15) is 5.82 Å². The molecule has 0 amide bonds. The van der Waals surface area contributed by atoms with E-state index in [1.54, 1.807) is 17.5 Å². The standard InChI is InChI=1S/C13H16BrN3S/c1-8-5-9(14)6-15-11(8)17-12-16-10(7-18-12)13(2,3)4/h5-7H,1-4H3,(H,15,16,17). The van der Waals surface area contributed by atoms with Crippen molar-refractivity contribution in [3.8, 4) is 0 Å². The third-order valence-corrected chi connectivity index (χ3v) is 3.73. The van der Waals surface area contributed by atoms with Gasteiger partial charge in [-0.2, -0.15) is 0 Å². The van der Waals surface area contributed by atoms with Gasteiger partial charge in [0, 0.05) is 21.5 Å². The predicted molar refractivity (Wildman–Crippen MR) is 80.8 cm³/mol. The normalized spacial score (nSPS) is 11.6. The third kappa shape index (κ3) is 3.09. The molecule has 0 aliphatic rings. The highest BCUT2D eigenvalue weighted by atomic mass is 79.9. The number of aromatic nitrogens is 2. The molecule has 0 aliphatic heterocycles. The molecule has 0 radical (unpaired) electrons. The first-order chi connectivity index (χ1) is 8.36. The Morgan fingerprint density at radius 1 is 1.33 bits per heavy atom. The molecule has 18 heavy (non-hydrogen) atoms. The summed E-state index contributed by atoms with van der Waals surface area (Å²) in [5, 5.41) is 6.25. The van der Waals surface area contributed by atoms with Crippen LogP contribution < -0.4 is 5.32 Å². The molecule has 2 rings (SSSR count). The zero-order chi connectivity index (χ0) is 13.3. The molecule has 2 aromatic rings. The molecule has 96 valence electrons. The maximum Gasteiger partial charge on any atom is 0.188 e. The molecule has 1 N–H and O–H groups in total. The second kappa shape index (κ2) is 4.97.